The van der Waals surface area contributed by atoms with Crippen LogP contribution in [0.1, 0.15) is 18.2 Å². The molecule has 0 bridgehead atoms. The number of alkyl halides is 3. The number of ether oxygens (including phenoxy) is 1. The van der Waals surface area contributed by atoms with Crippen molar-refractivity contribution in [1.29, 1.82) is 0 Å². The van der Waals surface area contributed by atoms with E-state index in [1.165, 1.54) is 30.5 Å². The Morgan fingerprint density at radius 1 is 1.21 bits per heavy atom. The van der Waals surface area contributed by atoms with E-state index in [0.29, 0.717) is 11.8 Å². The normalized spacial score (nSPS) is 12.3. The molecule has 0 saturated carbocycles. The second kappa shape index (κ2) is 8.53. The van der Waals surface area contributed by atoms with Gasteiger partial charge in [-0.25, -0.2) is 17.9 Å². The van der Waals surface area contributed by atoms with Crippen molar-refractivity contribution >= 4 is 22.1 Å². The van der Waals surface area contributed by atoms with Crippen LogP contribution in [0.2, 0.25) is 0 Å². The summed E-state index contributed by atoms with van der Waals surface area (Å²) < 4.78 is 70.2. The largest absolute Gasteiger partial charge is 0.463 e. The first kappa shape index (κ1) is 21.6. The highest BCUT2D eigenvalue weighted by Crippen LogP contribution is 2.34. The summed E-state index contributed by atoms with van der Waals surface area (Å²) in [5.41, 5.74) is -0.388. The molecule has 0 atom stereocenters. The van der Waals surface area contributed by atoms with Gasteiger partial charge in [0, 0.05) is 17.8 Å². The van der Waals surface area contributed by atoms with E-state index >= 15 is 0 Å². The van der Waals surface area contributed by atoms with Gasteiger partial charge in [0.05, 0.1) is 22.8 Å². The van der Waals surface area contributed by atoms with E-state index in [4.69, 9.17) is 4.74 Å². The molecular weight excluding hydrogens is 397 g/mol. The first-order valence-corrected chi connectivity index (χ1v) is 9.52. The van der Waals surface area contributed by atoms with Gasteiger partial charge in [0.15, 0.2) is 0 Å². The summed E-state index contributed by atoms with van der Waals surface area (Å²) in [6.45, 7) is 1.89. The molecule has 0 saturated heterocycles. The topological polar surface area (TPSA) is 85.4 Å². The van der Waals surface area contributed by atoms with Crippen molar-refractivity contribution in [3.8, 4) is 11.1 Å². The third-order valence-electron chi connectivity index (χ3n) is 3.61. The summed E-state index contributed by atoms with van der Waals surface area (Å²) >= 11 is 0. The Hall–Kier alpha value is -2.72. The SMILES string of the molecule is CCOC(=O)/C=C/c1ccc(-c2cc(C(F)(F)F)cc(S(=O)(=O)NC)c2)cn1. The summed E-state index contributed by atoms with van der Waals surface area (Å²) in [4.78, 5) is 14.8. The van der Waals surface area contributed by atoms with E-state index in [2.05, 4.69) is 4.98 Å². The molecule has 1 heterocycles. The van der Waals surface area contributed by atoms with Gasteiger partial charge >= 0.3 is 12.1 Å². The third-order valence-corrected chi connectivity index (χ3v) is 5.00. The number of hydrogen-bond acceptors (Lipinski definition) is 5. The van der Waals surface area contributed by atoms with Crippen molar-refractivity contribution in [2.75, 3.05) is 13.7 Å². The number of nitrogens with zero attached hydrogens (tertiary/aromatic N) is 1. The van der Waals surface area contributed by atoms with Gasteiger partial charge in [0.25, 0.3) is 0 Å². The minimum absolute atomic E-state index is 0.0390. The maximum atomic E-state index is 13.2. The lowest BCUT2D eigenvalue weighted by Gasteiger charge is -2.12. The first-order valence-electron chi connectivity index (χ1n) is 8.04. The number of sulfonamides is 1. The molecule has 0 unspecified atom stereocenters. The maximum absolute atomic E-state index is 13.2. The molecule has 0 amide bonds. The molecule has 0 radical (unpaired) electrons. The fourth-order valence-electron chi connectivity index (χ4n) is 2.22. The average Bonchev–Trinajstić information content (AvgIpc) is 2.66. The van der Waals surface area contributed by atoms with Crippen molar-refractivity contribution < 1.29 is 31.1 Å². The highest BCUT2D eigenvalue weighted by molar-refractivity contribution is 7.89. The zero-order chi connectivity index (χ0) is 20.9. The van der Waals surface area contributed by atoms with Crippen LogP contribution in [0.25, 0.3) is 17.2 Å². The zero-order valence-corrected chi connectivity index (χ0v) is 15.8. The fraction of sp³-hybridized carbons (Fsp3) is 0.222. The molecule has 28 heavy (non-hydrogen) atoms. The van der Waals surface area contributed by atoms with E-state index in [9.17, 15) is 26.4 Å². The molecule has 0 aliphatic rings. The molecule has 2 rings (SSSR count). The number of esters is 1. The molecule has 1 aromatic carbocycles. The molecule has 1 aromatic heterocycles. The highest BCUT2D eigenvalue weighted by atomic mass is 32.2. The smallest absolute Gasteiger partial charge is 0.416 e. The molecule has 2 aromatic rings. The van der Waals surface area contributed by atoms with Crippen LogP contribution in [0.15, 0.2) is 47.5 Å². The molecule has 0 spiro atoms. The van der Waals surface area contributed by atoms with Crippen molar-refractivity contribution in [1.82, 2.24) is 9.71 Å². The van der Waals surface area contributed by atoms with Crippen LogP contribution >= 0.6 is 0 Å². The Kier molecular flexibility index (Phi) is 6.57. The first-order chi connectivity index (χ1) is 13.1. The molecule has 0 aliphatic carbocycles. The molecule has 10 heteroatoms. The predicted octanol–water partition coefficient (Wildman–Crippen LogP) is 3.25. The summed E-state index contributed by atoms with van der Waals surface area (Å²) in [5.74, 6) is -0.548. The number of pyridine rings is 1. The number of halogens is 3. The lowest BCUT2D eigenvalue weighted by molar-refractivity contribution is -0.138. The van der Waals surface area contributed by atoms with Gasteiger partial charge in [-0.2, -0.15) is 13.2 Å². The lowest BCUT2D eigenvalue weighted by atomic mass is 10.0. The van der Waals surface area contributed by atoms with E-state index < -0.39 is 32.6 Å². The van der Waals surface area contributed by atoms with Crippen LogP contribution in [0.4, 0.5) is 13.2 Å². The minimum atomic E-state index is -4.72. The number of rotatable bonds is 6. The van der Waals surface area contributed by atoms with Crippen LogP contribution < -0.4 is 4.72 Å². The molecule has 6 nitrogen and oxygen atoms in total. The number of benzene rings is 1. The van der Waals surface area contributed by atoms with Crippen LogP contribution in [0.3, 0.4) is 0 Å². The quantitative estimate of drug-likeness (QED) is 0.579. The Balaban J connectivity index is 2.44. The molecule has 150 valence electrons. The molecule has 0 fully saturated rings. The lowest BCUT2D eigenvalue weighted by Crippen LogP contribution is -2.19. The molecular formula is C18H17F3N2O4S. The van der Waals surface area contributed by atoms with E-state index in [1.807, 2.05) is 4.72 Å². The number of hydrogen-bond donors (Lipinski definition) is 1. The monoisotopic (exact) mass is 414 g/mol. The van der Waals surface area contributed by atoms with E-state index in [1.54, 1.807) is 6.92 Å². The molecule has 1 N–H and O–H groups in total. The Bertz CT molecular complexity index is 985. The average molecular weight is 414 g/mol. The van der Waals surface area contributed by atoms with E-state index in [0.717, 1.165) is 19.2 Å². The van der Waals surface area contributed by atoms with Gasteiger partial charge in [-0.1, -0.05) is 6.07 Å². The second-order valence-corrected chi connectivity index (χ2v) is 7.40. The van der Waals surface area contributed by atoms with Crippen LogP contribution in [0.5, 0.6) is 0 Å². The van der Waals surface area contributed by atoms with Crippen LogP contribution in [0, 0.1) is 0 Å². The van der Waals surface area contributed by atoms with Gasteiger partial charge < -0.3 is 4.74 Å². The van der Waals surface area contributed by atoms with Gasteiger partial charge in [-0.3, -0.25) is 4.98 Å². The summed E-state index contributed by atoms with van der Waals surface area (Å²) in [6, 6.07) is 5.51. The van der Waals surface area contributed by atoms with Gasteiger partial charge in [-0.15, -0.1) is 0 Å². The van der Waals surface area contributed by atoms with Crippen molar-refractivity contribution in [3.63, 3.8) is 0 Å². The number of aromatic nitrogens is 1. The van der Waals surface area contributed by atoms with Crippen molar-refractivity contribution in [2.45, 2.75) is 18.0 Å². The fourth-order valence-corrected chi connectivity index (χ4v) is 3.02. The Labute approximate surface area is 160 Å². The van der Waals surface area contributed by atoms with Crippen molar-refractivity contribution in [2.24, 2.45) is 0 Å². The van der Waals surface area contributed by atoms with Gasteiger partial charge in [0.1, 0.15) is 0 Å². The third kappa shape index (κ3) is 5.40. The Morgan fingerprint density at radius 3 is 2.46 bits per heavy atom. The standard InChI is InChI=1S/C18H17F3N2O4S/c1-3-27-17(24)7-6-15-5-4-12(11-23-15)13-8-14(18(19,20)21)10-16(9-13)28(25,26)22-2/h4-11,22H,3H2,1-2H3/b7-6+. The summed E-state index contributed by atoms with van der Waals surface area (Å²) in [5, 5.41) is 0. The maximum Gasteiger partial charge on any atom is 0.416 e. The Morgan fingerprint density at radius 2 is 1.93 bits per heavy atom. The number of carbonyl (C=O) groups excluding carboxylic acids is 1. The summed E-state index contributed by atoms with van der Waals surface area (Å²) in [6.07, 6.45) is -0.863. The van der Waals surface area contributed by atoms with E-state index in [-0.39, 0.29) is 17.7 Å². The van der Waals surface area contributed by atoms with Crippen LogP contribution in [-0.4, -0.2) is 33.0 Å². The highest BCUT2D eigenvalue weighted by Gasteiger charge is 2.32. The minimum Gasteiger partial charge on any atom is -0.463 e. The van der Waals surface area contributed by atoms with Gasteiger partial charge in [-0.05, 0) is 49.9 Å². The van der Waals surface area contributed by atoms with Crippen LogP contribution in [-0.2, 0) is 25.7 Å². The number of carbonyl (C=O) groups is 1. The molecule has 0 aliphatic heterocycles. The van der Waals surface area contributed by atoms with Gasteiger partial charge in [0.2, 0.25) is 10.0 Å². The summed E-state index contributed by atoms with van der Waals surface area (Å²) in [7, 11) is -2.96. The van der Waals surface area contributed by atoms with Crippen molar-refractivity contribution in [3.05, 3.63) is 53.9 Å². The predicted molar refractivity (Wildman–Crippen MR) is 96.6 cm³/mol. The second-order valence-electron chi connectivity index (χ2n) is 5.51. The number of nitrogens with one attached hydrogen (secondary N) is 1. The zero-order valence-electron chi connectivity index (χ0n) is 14.9.